The fourth-order valence-electron chi connectivity index (χ4n) is 1.36. The predicted molar refractivity (Wildman–Crippen MR) is 62.1 cm³/mol. The molecule has 0 bridgehead atoms. The first kappa shape index (κ1) is 12.0. The summed E-state index contributed by atoms with van der Waals surface area (Å²) >= 11 is 0. The van der Waals surface area contributed by atoms with Crippen molar-refractivity contribution in [3.63, 3.8) is 0 Å². The average Bonchev–Trinajstić information content (AvgIpc) is 2.27. The number of hydrogen-bond acceptors (Lipinski definition) is 3. The Morgan fingerprint density at radius 3 is 2.73 bits per heavy atom. The Bertz CT molecular complexity index is 271. The van der Waals surface area contributed by atoms with Crippen LogP contribution < -0.4 is 10.1 Å². The minimum Gasteiger partial charge on any atom is -0.478 e. The first-order valence-corrected chi connectivity index (χ1v) is 5.60. The van der Waals surface area contributed by atoms with Crippen LogP contribution in [0.2, 0.25) is 0 Å². The van der Waals surface area contributed by atoms with Gasteiger partial charge in [-0.3, -0.25) is 0 Å². The summed E-state index contributed by atoms with van der Waals surface area (Å²) in [6.45, 7) is 7.97. The number of hydrogen-bond donors (Lipinski definition) is 1. The van der Waals surface area contributed by atoms with Gasteiger partial charge in [-0.25, -0.2) is 4.98 Å². The van der Waals surface area contributed by atoms with Crippen LogP contribution in [0.25, 0.3) is 0 Å². The van der Waals surface area contributed by atoms with E-state index in [1.165, 1.54) is 5.56 Å². The molecule has 0 amide bonds. The minimum atomic E-state index is 0.355. The lowest BCUT2D eigenvalue weighted by Gasteiger charge is -2.13. The largest absolute Gasteiger partial charge is 0.478 e. The van der Waals surface area contributed by atoms with Crippen molar-refractivity contribution in [1.82, 2.24) is 10.3 Å². The highest BCUT2D eigenvalue weighted by molar-refractivity contribution is 5.20. The first-order chi connectivity index (χ1) is 7.27. The van der Waals surface area contributed by atoms with E-state index < -0.39 is 0 Å². The molecule has 1 aromatic heterocycles. The van der Waals surface area contributed by atoms with Crippen LogP contribution in [0.3, 0.4) is 0 Å². The molecular formula is C12H20N2O. The number of nitrogens with one attached hydrogen (secondary N) is 1. The number of nitrogens with zero attached hydrogens (tertiary/aromatic N) is 1. The summed E-state index contributed by atoms with van der Waals surface area (Å²) in [6.07, 6.45) is 3.02. The molecule has 0 saturated carbocycles. The third-order valence-corrected chi connectivity index (χ3v) is 2.25. The SMILES string of the molecule is CCCNC(C)c1ccc(OCC)nc1. The molecule has 1 atom stereocenters. The Labute approximate surface area is 91.9 Å². The van der Waals surface area contributed by atoms with Gasteiger partial charge in [0.05, 0.1) is 6.61 Å². The molecule has 0 radical (unpaired) electrons. The van der Waals surface area contributed by atoms with Gasteiger partial charge in [-0.05, 0) is 32.4 Å². The second-order valence-corrected chi connectivity index (χ2v) is 3.54. The van der Waals surface area contributed by atoms with Crippen LogP contribution in [0.5, 0.6) is 5.88 Å². The highest BCUT2D eigenvalue weighted by atomic mass is 16.5. The molecule has 15 heavy (non-hydrogen) atoms. The lowest BCUT2D eigenvalue weighted by Crippen LogP contribution is -2.19. The molecule has 0 aliphatic heterocycles. The first-order valence-electron chi connectivity index (χ1n) is 5.60. The maximum atomic E-state index is 5.29. The summed E-state index contributed by atoms with van der Waals surface area (Å²) in [7, 11) is 0. The van der Waals surface area contributed by atoms with Crippen molar-refractivity contribution >= 4 is 0 Å². The second kappa shape index (κ2) is 6.40. The zero-order valence-electron chi connectivity index (χ0n) is 9.79. The Morgan fingerprint density at radius 2 is 2.20 bits per heavy atom. The Balaban J connectivity index is 2.54. The summed E-state index contributed by atoms with van der Waals surface area (Å²) in [4.78, 5) is 4.24. The van der Waals surface area contributed by atoms with E-state index in [-0.39, 0.29) is 0 Å². The van der Waals surface area contributed by atoms with Crippen LogP contribution in [0, 0.1) is 0 Å². The van der Waals surface area contributed by atoms with Gasteiger partial charge in [0.1, 0.15) is 0 Å². The number of pyridine rings is 1. The molecule has 0 fully saturated rings. The Hall–Kier alpha value is -1.09. The van der Waals surface area contributed by atoms with Gasteiger partial charge in [-0.2, -0.15) is 0 Å². The van der Waals surface area contributed by atoms with Crippen molar-refractivity contribution in [3.05, 3.63) is 23.9 Å². The van der Waals surface area contributed by atoms with Crippen LogP contribution in [0.4, 0.5) is 0 Å². The van der Waals surface area contributed by atoms with E-state index in [0.29, 0.717) is 18.5 Å². The van der Waals surface area contributed by atoms with Gasteiger partial charge in [0.25, 0.3) is 0 Å². The molecule has 0 aromatic carbocycles. The molecular weight excluding hydrogens is 188 g/mol. The van der Waals surface area contributed by atoms with E-state index in [1.54, 1.807) is 0 Å². The van der Waals surface area contributed by atoms with E-state index in [4.69, 9.17) is 4.74 Å². The smallest absolute Gasteiger partial charge is 0.213 e. The van der Waals surface area contributed by atoms with Crippen LogP contribution in [0.1, 0.15) is 38.8 Å². The lowest BCUT2D eigenvalue weighted by atomic mass is 10.1. The van der Waals surface area contributed by atoms with Gasteiger partial charge in [0, 0.05) is 18.3 Å². The number of aromatic nitrogens is 1. The van der Waals surface area contributed by atoms with E-state index in [0.717, 1.165) is 13.0 Å². The number of rotatable bonds is 6. The van der Waals surface area contributed by atoms with Crippen LogP contribution in [-0.2, 0) is 0 Å². The zero-order chi connectivity index (χ0) is 11.1. The molecule has 1 unspecified atom stereocenters. The average molecular weight is 208 g/mol. The molecule has 0 spiro atoms. The van der Waals surface area contributed by atoms with Crippen molar-refractivity contribution in [2.45, 2.75) is 33.2 Å². The van der Waals surface area contributed by atoms with Crippen LogP contribution in [0.15, 0.2) is 18.3 Å². The standard InChI is InChI=1S/C12H20N2O/c1-4-8-13-10(3)11-6-7-12(14-9-11)15-5-2/h6-7,9-10,13H,4-5,8H2,1-3H3. The third-order valence-electron chi connectivity index (χ3n) is 2.25. The lowest BCUT2D eigenvalue weighted by molar-refractivity contribution is 0.326. The topological polar surface area (TPSA) is 34.1 Å². The zero-order valence-corrected chi connectivity index (χ0v) is 9.79. The molecule has 84 valence electrons. The summed E-state index contributed by atoms with van der Waals surface area (Å²) in [6, 6.07) is 4.34. The fraction of sp³-hybridized carbons (Fsp3) is 0.583. The molecule has 0 saturated heterocycles. The van der Waals surface area contributed by atoms with Crippen molar-refractivity contribution in [1.29, 1.82) is 0 Å². The maximum absolute atomic E-state index is 5.29. The Morgan fingerprint density at radius 1 is 1.40 bits per heavy atom. The van der Waals surface area contributed by atoms with Gasteiger partial charge in [0.15, 0.2) is 0 Å². The molecule has 3 nitrogen and oxygen atoms in total. The number of ether oxygens (including phenoxy) is 1. The Kier molecular flexibility index (Phi) is 5.12. The van der Waals surface area contributed by atoms with Gasteiger partial charge in [0.2, 0.25) is 5.88 Å². The second-order valence-electron chi connectivity index (χ2n) is 3.54. The van der Waals surface area contributed by atoms with Crippen molar-refractivity contribution in [3.8, 4) is 5.88 Å². The molecule has 1 heterocycles. The van der Waals surface area contributed by atoms with E-state index in [9.17, 15) is 0 Å². The quantitative estimate of drug-likeness (QED) is 0.780. The molecule has 1 rings (SSSR count). The van der Waals surface area contributed by atoms with Crippen molar-refractivity contribution < 1.29 is 4.74 Å². The maximum Gasteiger partial charge on any atom is 0.213 e. The molecule has 0 aliphatic carbocycles. The third kappa shape index (κ3) is 3.88. The van der Waals surface area contributed by atoms with Crippen LogP contribution in [-0.4, -0.2) is 18.1 Å². The molecule has 3 heteroatoms. The summed E-state index contributed by atoms with van der Waals surface area (Å²) < 4.78 is 5.29. The van der Waals surface area contributed by atoms with Gasteiger partial charge < -0.3 is 10.1 Å². The van der Waals surface area contributed by atoms with E-state index >= 15 is 0 Å². The van der Waals surface area contributed by atoms with Gasteiger partial charge in [-0.1, -0.05) is 13.0 Å². The van der Waals surface area contributed by atoms with Crippen molar-refractivity contribution in [2.24, 2.45) is 0 Å². The van der Waals surface area contributed by atoms with Gasteiger partial charge >= 0.3 is 0 Å². The monoisotopic (exact) mass is 208 g/mol. The summed E-state index contributed by atoms with van der Waals surface area (Å²) in [5, 5.41) is 3.42. The van der Waals surface area contributed by atoms with Crippen LogP contribution >= 0.6 is 0 Å². The molecule has 1 N–H and O–H groups in total. The summed E-state index contributed by atoms with van der Waals surface area (Å²) in [5.41, 5.74) is 1.20. The van der Waals surface area contributed by atoms with Crippen molar-refractivity contribution in [2.75, 3.05) is 13.2 Å². The highest BCUT2D eigenvalue weighted by Gasteiger charge is 2.04. The van der Waals surface area contributed by atoms with Gasteiger partial charge in [-0.15, -0.1) is 0 Å². The summed E-state index contributed by atoms with van der Waals surface area (Å²) in [5.74, 6) is 0.698. The van der Waals surface area contributed by atoms with E-state index in [1.807, 2.05) is 19.2 Å². The fourth-order valence-corrected chi connectivity index (χ4v) is 1.36. The minimum absolute atomic E-state index is 0.355. The molecule has 1 aromatic rings. The molecule has 0 aliphatic rings. The predicted octanol–water partition coefficient (Wildman–Crippen LogP) is 2.54. The highest BCUT2D eigenvalue weighted by Crippen LogP contribution is 2.14. The normalized spacial score (nSPS) is 12.5. The van der Waals surface area contributed by atoms with E-state index in [2.05, 4.69) is 30.2 Å².